The van der Waals surface area contributed by atoms with Crippen molar-refractivity contribution in [3.05, 3.63) is 24.2 Å². The smallest absolute Gasteiger partial charge is 0.193 e. The Balaban J connectivity index is 1.41. The van der Waals surface area contributed by atoms with Crippen molar-refractivity contribution in [2.45, 2.75) is 25.7 Å². The summed E-state index contributed by atoms with van der Waals surface area (Å²) in [5.41, 5.74) is 0. The Morgan fingerprint density at radius 3 is 2.95 bits per heavy atom. The molecule has 122 valence electrons. The first-order chi connectivity index (χ1) is 10.8. The van der Waals surface area contributed by atoms with E-state index in [0.29, 0.717) is 0 Å². The maximum Gasteiger partial charge on any atom is 0.193 e. The van der Waals surface area contributed by atoms with Gasteiger partial charge < -0.3 is 19.5 Å². The van der Waals surface area contributed by atoms with Gasteiger partial charge in [-0.15, -0.1) is 0 Å². The van der Waals surface area contributed by atoms with Crippen LogP contribution in [0, 0.1) is 5.92 Å². The predicted octanol–water partition coefficient (Wildman–Crippen LogP) is 1.82. The van der Waals surface area contributed by atoms with Crippen LogP contribution in [-0.2, 0) is 6.42 Å². The normalized spacial score (nSPS) is 23.4. The van der Waals surface area contributed by atoms with Crippen LogP contribution in [0.25, 0.3) is 0 Å². The van der Waals surface area contributed by atoms with Gasteiger partial charge in [-0.3, -0.25) is 4.99 Å². The van der Waals surface area contributed by atoms with Crippen molar-refractivity contribution in [2.24, 2.45) is 10.9 Å². The van der Waals surface area contributed by atoms with Crippen LogP contribution in [0.1, 0.15) is 25.0 Å². The van der Waals surface area contributed by atoms with E-state index in [1.807, 2.05) is 19.2 Å². The van der Waals surface area contributed by atoms with Crippen molar-refractivity contribution in [3.8, 4) is 0 Å². The van der Waals surface area contributed by atoms with E-state index in [9.17, 15) is 0 Å². The van der Waals surface area contributed by atoms with Gasteiger partial charge in [-0.05, 0) is 50.4 Å². The molecule has 2 aliphatic heterocycles. The highest BCUT2D eigenvalue weighted by Crippen LogP contribution is 2.19. The fourth-order valence-electron chi connectivity index (χ4n) is 3.59. The fourth-order valence-corrected chi connectivity index (χ4v) is 3.59. The summed E-state index contributed by atoms with van der Waals surface area (Å²) >= 11 is 0. The van der Waals surface area contributed by atoms with Crippen LogP contribution in [0.15, 0.2) is 27.8 Å². The second kappa shape index (κ2) is 7.68. The molecule has 2 saturated heterocycles. The van der Waals surface area contributed by atoms with Crippen molar-refractivity contribution in [3.63, 3.8) is 0 Å². The number of guanidine groups is 1. The fraction of sp³-hybridized carbons (Fsp3) is 0.706. The summed E-state index contributed by atoms with van der Waals surface area (Å²) in [6.07, 6.45) is 6.68. The van der Waals surface area contributed by atoms with Crippen molar-refractivity contribution in [1.29, 1.82) is 0 Å². The summed E-state index contributed by atoms with van der Waals surface area (Å²) < 4.78 is 5.37. The molecular formula is C17H28N4O. The van der Waals surface area contributed by atoms with Crippen molar-refractivity contribution in [1.82, 2.24) is 15.1 Å². The van der Waals surface area contributed by atoms with E-state index in [1.54, 1.807) is 6.26 Å². The zero-order valence-electron chi connectivity index (χ0n) is 13.6. The number of likely N-dealkylation sites (tertiary alicyclic amines) is 2. The van der Waals surface area contributed by atoms with Gasteiger partial charge in [0.25, 0.3) is 0 Å². The van der Waals surface area contributed by atoms with E-state index in [1.165, 1.54) is 38.9 Å². The molecule has 5 nitrogen and oxygen atoms in total. The van der Waals surface area contributed by atoms with E-state index in [2.05, 4.69) is 20.1 Å². The van der Waals surface area contributed by atoms with Gasteiger partial charge >= 0.3 is 0 Å². The molecule has 0 bridgehead atoms. The van der Waals surface area contributed by atoms with Gasteiger partial charge in [0.05, 0.1) is 6.26 Å². The summed E-state index contributed by atoms with van der Waals surface area (Å²) in [6.45, 7) is 6.99. The Morgan fingerprint density at radius 1 is 1.36 bits per heavy atom. The van der Waals surface area contributed by atoms with Crippen LogP contribution in [0.4, 0.5) is 0 Å². The van der Waals surface area contributed by atoms with Gasteiger partial charge in [0.1, 0.15) is 5.76 Å². The lowest BCUT2D eigenvalue weighted by Crippen LogP contribution is -2.41. The maximum atomic E-state index is 5.37. The molecule has 22 heavy (non-hydrogen) atoms. The standard InChI is InChI=1S/C17H28N4O/c1-18-17(19-8-6-16-5-4-12-22-16)21-11-7-15(14-21)13-20-9-2-3-10-20/h4-5,12,15H,2-3,6-11,13-14H2,1H3,(H,18,19). The number of nitrogens with zero attached hydrogens (tertiary/aromatic N) is 3. The van der Waals surface area contributed by atoms with Gasteiger partial charge in [0, 0.05) is 39.6 Å². The molecule has 0 amide bonds. The third-order valence-corrected chi connectivity index (χ3v) is 4.75. The van der Waals surface area contributed by atoms with Crippen LogP contribution in [-0.4, -0.2) is 62.1 Å². The minimum Gasteiger partial charge on any atom is -0.469 e. The Bertz CT molecular complexity index is 465. The molecule has 3 heterocycles. The highest BCUT2D eigenvalue weighted by Gasteiger charge is 2.27. The second-order valence-corrected chi connectivity index (χ2v) is 6.41. The van der Waals surface area contributed by atoms with E-state index in [-0.39, 0.29) is 0 Å². The maximum absolute atomic E-state index is 5.37. The molecule has 3 rings (SSSR count). The number of hydrogen-bond donors (Lipinski definition) is 1. The Labute approximate surface area is 133 Å². The van der Waals surface area contributed by atoms with Crippen LogP contribution in [0.5, 0.6) is 0 Å². The molecule has 5 heteroatoms. The number of nitrogens with one attached hydrogen (secondary N) is 1. The molecule has 1 atom stereocenters. The lowest BCUT2D eigenvalue weighted by atomic mass is 10.1. The van der Waals surface area contributed by atoms with Gasteiger partial charge in [0.15, 0.2) is 5.96 Å². The summed E-state index contributed by atoms with van der Waals surface area (Å²) in [4.78, 5) is 9.47. The number of furan rings is 1. The third-order valence-electron chi connectivity index (χ3n) is 4.75. The predicted molar refractivity (Wildman–Crippen MR) is 89.1 cm³/mol. The molecule has 0 spiro atoms. The first-order valence-electron chi connectivity index (χ1n) is 8.55. The van der Waals surface area contributed by atoms with Gasteiger partial charge in [-0.2, -0.15) is 0 Å². The summed E-state index contributed by atoms with van der Waals surface area (Å²) in [5.74, 6) is 2.86. The first kappa shape index (κ1) is 15.4. The summed E-state index contributed by atoms with van der Waals surface area (Å²) in [6, 6.07) is 3.96. The SMILES string of the molecule is CN=C(NCCc1ccco1)N1CCC(CN2CCCC2)C1. The van der Waals surface area contributed by atoms with Crippen molar-refractivity contribution in [2.75, 3.05) is 46.3 Å². The molecule has 1 N–H and O–H groups in total. The number of hydrogen-bond acceptors (Lipinski definition) is 3. The van der Waals surface area contributed by atoms with Crippen LogP contribution >= 0.6 is 0 Å². The zero-order chi connectivity index (χ0) is 15.2. The number of rotatable bonds is 5. The van der Waals surface area contributed by atoms with E-state index in [4.69, 9.17) is 4.42 Å². The van der Waals surface area contributed by atoms with Gasteiger partial charge in [0.2, 0.25) is 0 Å². The molecule has 2 aliphatic rings. The molecule has 1 aromatic heterocycles. The largest absolute Gasteiger partial charge is 0.469 e. The quantitative estimate of drug-likeness (QED) is 0.666. The van der Waals surface area contributed by atoms with Crippen LogP contribution in [0.2, 0.25) is 0 Å². The molecule has 0 aliphatic carbocycles. The lowest BCUT2D eigenvalue weighted by molar-refractivity contribution is 0.281. The van der Waals surface area contributed by atoms with Crippen LogP contribution in [0.3, 0.4) is 0 Å². The van der Waals surface area contributed by atoms with E-state index < -0.39 is 0 Å². The first-order valence-corrected chi connectivity index (χ1v) is 8.55. The van der Waals surface area contributed by atoms with Crippen LogP contribution < -0.4 is 5.32 Å². The van der Waals surface area contributed by atoms with Gasteiger partial charge in [-0.1, -0.05) is 0 Å². The Hall–Kier alpha value is -1.49. The van der Waals surface area contributed by atoms with E-state index >= 15 is 0 Å². The minimum atomic E-state index is 0.793. The number of aliphatic imine (C=N–C) groups is 1. The lowest BCUT2D eigenvalue weighted by Gasteiger charge is -2.23. The summed E-state index contributed by atoms with van der Waals surface area (Å²) in [7, 11) is 1.88. The molecule has 2 fully saturated rings. The average molecular weight is 304 g/mol. The van der Waals surface area contributed by atoms with Crippen molar-refractivity contribution >= 4 is 5.96 Å². The monoisotopic (exact) mass is 304 g/mol. The van der Waals surface area contributed by atoms with Gasteiger partial charge in [-0.25, -0.2) is 0 Å². The Morgan fingerprint density at radius 2 is 2.23 bits per heavy atom. The molecule has 1 unspecified atom stereocenters. The highest BCUT2D eigenvalue weighted by atomic mass is 16.3. The molecule has 0 saturated carbocycles. The summed E-state index contributed by atoms with van der Waals surface area (Å²) in [5, 5.41) is 3.47. The molecular weight excluding hydrogens is 276 g/mol. The second-order valence-electron chi connectivity index (χ2n) is 6.41. The van der Waals surface area contributed by atoms with Crippen molar-refractivity contribution < 1.29 is 4.42 Å². The topological polar surface area (TPSA) is 44.0 Å². The zero-order valence-corrected chi connectivity index (χ0v) is 13.6. The third kappa shape index (κ3) is 4.03. The molecule has 0 aromatic carbocycles. The van der Waals surface area contributed by atoms with E-state index in [0.717, 1.165) is 43.7 Å². The molecule has 1 aromatic rings. The molecule has 0 radical (unpaired) electrons. The average Bonchev–Trinajstić information content (AvgIpc) is 3.27. The Kier molecular flexibility index (Phi) is 5.38. The highest BCUT2D eigenvalue weighted by molar-refractivity contribution is 5.80. The minimum absolute atomic E-state index is 0.793.